The summed E-state index contributed by atoms with van der Waals surface area (Å²) in [6.45, 7) is 5.57. The molecule has 186 valence electrons. The Bertz CT molecular complexity index is 1620. The summed E-state index contributed by atoms with van der Waals surface area (Å²) in [6, 6.07) is 18.6. The van der Waals surface area contributed by atoms with E-state index in [2.05, 4.69) is 5.32 Å². The lowest BCUT2D eigenvalue weighted by Crippen LogP contribution is -2.48. The molecule has 3 aromatic carbocycles. The Morgan fingerprint density at radius 3 is 2.56 bits per heavy atom. The number of aryl methyl sites for hydroxylation is 1. The van der Waals surface area contributed by atoms with Crippen LogP contribution >= 0.6 is 11.3 Å². The van der Waals surface area contributed by atoms with Crippen molar-refractivity contribution in [1.29, 1.82) is 0 Å². The molecule has 5 rings (SSSR count). The van der Waals surface area contributed by atoms with Crippen molar-refractivity contribution in [2.45, 2.75) is 37.8 Å². The van der Waals surface area contributed by atoms with Crippen LogP contribution in [-0.2, 0) is 14.8 Å². The van der Waals surface area contributed by atoms with E-state index in [1.165, 1.54) is 16.4 Å². The van der Waals surface area contributed by atoms with Crippen LogP contribution in [0.15, 0.2) is 76.4 Å². The molecule has 1 unspecified atom stereocenters. The molecular formula is C26H25N3O5S2. The number of carbonyl (C=O) groups is 1. The minimum absolute atomic E-state index is 0.0170. The fraction of sp³-hybridized carbons (Fsp3) is 0.231. The molecule has 2 heterocycles. The number of sulfonamides is 1. The molecule has 0 aliphatic carbocycles. The van der Waals surface area contributed by atoms with Crippen molar-refractivity contribution >= 4 is 48.9 Å². The van der Waals surface area contributed by atoms with E-state index in [9.17, 15) is 18.0 Å². The van der Waals surface area contributed by atoms with Gasteiger partial charge in [0.05, 0.1) is 27.3 Å². The highest BCUT2D eigenvalue weighted by Gasteiger charge is 2.37. The number of fused-ring (bicyclic) bond motifs is 2. The SMILES string of the molecule is Cc1ccc2c(c1)OC(C(=O)Nc1ccc3c(c1)sc(=O)n3C(C)C)CN2S(=O)(=O)c1ccccc1. The average Bonchev–Trinajstić information content (AvgIpc) is 3.18. The highest BCUT2D eigenvalue weighted by Crippen LogP contribution is 2.38. The summed E-state index contributed by atoms with van der Waals surface area (Å²) in [4.78, 5) is 25.7. The molecule has 1 atom stereocenters. The van der Waals surface area contributed by atoms with Crippen LogP contribution in [0.5, 0.6) is 5.75 Å². The minimum Gasteiger partial charge on any atom is -0.476 e. The molecule has 0 radical (unpaired) electrons. The Morgan fingerprint density at radius 2 is 1.83 bits per heavy atom. The van der Waals surface area contributed by atoms with E-state index < -0.39 is 22.0 Å². The van der Waals surface area contributed by atoms with Crippen molar-refractivity contribution in [1.82, 2.24) is 4.57 Å². The summed E-state index contributed by atoms with van der Waals surface area (Å²) in [6.07, 6.45) is -1.08. The van der Waals surface area contributed by atoms with Gasteiger partial charge in [-0.1, -0.05) is 35.6 Å². The van der Waals surface area contributed by atoms with Crippen molar-refractivity contribution in [2.24, 2.45) is 0 Å². The van der Waals surface area contributed by atoms with E-state index in [1.54, 1.807) is 59.2 Å². The number of thiazole rings is 1. The second-order valence-corrected chi connectivity index (χ2v) is 11.8. The van der Waals surface area contributed by atoms with Gasteiger partial charge < -0.3 is 10.1 Å². The summed E-state index contributed by atoms with van der Waals surface area (Å²) >= 11 is 1.11. The first kappa shape index (κ1) is 24.1. The Hall–Kier alpha value is -3.63. The summed E-state index contributed by atoms with van der Waals surface area (Å²) < 4.78 is 36.7. The number of benzene rings is 3. The summed E-state index contributed by atoms with van der Waals surface area (Å²) in [7, 11) is -3.93. The van der Waals surface area contributed by atoms with Gasteiger partial charge in [0.15, 0.2) is 6.10 Å². The van der Waals surface area contributed by atoms with Gasteiger partial charge in [-0.15, -0.1) is 0 Å². The molecule has 0 fully saturated rings. The number of carbonyl (C=O) groups excluding carboxylic acids is 1. The van der Waals surface area contributed by atoms with Gasteiger partial charge in [0.25, 0.3) is 15.9 Å². The van der Waals surface area contributed by atoms with E-state index in [0.717, 1.165) is 27.1 Å². The van der Waals surface area contributed by atoms with E-state index >= 15 is 0 Å². The van der Waals surface area contributed by atoms with Crippen LogP contribution in [0.4, 0.5) is 11.4 Å². The number of hydrogen-bond donors (Lipinski definition) is 1. The fourth-order valence-electron chi connectivity index (χ4n) is 4.27. The monoisotopic (exact) mass is 523 g/mol. The molecule has 1 amide bonds. The smallest absolute Gasteiger partial charge is 0.308 e. The zero-order chi connectivity index (χ0) is 25.6. The molecule has 10 heteroatoms. The second kappa shape index (κ2) is 9.11. The van der Waals surface area contributed by atoms with Crippen molar-refractivity contribution in [3.63, 3.8) is 0 Å². The third kappa shape index (κ3) is 4.27. The van der Waals surface area contributed by atoms with Crippen LogP contribution in [0.1, 0.15) is 25.5 Å². The zero-order valence-corrected chi connectivity index (χ0v) is 21.6. The number of hydrogen-bond acceptors (Lipinski definition) is 6. The largest absolute Gasteiger partial charge is 0.476 e. The third-order valence-electron chi connectivity index (χ3n) is 6.01. The lowest BCUT2D eigenvalue weighted by molar-refractivity contribution is -0.122. The molecule has 1 aliphatic rings. The fourth-order valence-corrected chi connectivity index (χ4v) is 6.82. The molecule has 0 bridgehead atoms. The second-order valence-electron chi connectivity index (χ2n) is 8.93. The number of rotatable bonds is 5. The molecule has 1 aliphatic heterocycles. The van der Waals surface area contributed by atoms with Gasteiger partial charge in [0.1, 0.15) is 5.75 Å². The molecule has 0 saturated heterocycles. The van der Waals surface area contributed by atoms with Crippen molar-refractivity contribution in [3.05, 3.63) is 82.0 Å². The number of anilines is 2. The number of ether oxygens (including phenoxy) is 1. The number of amides is 1. The number of nitrogens with zero attached hydrogens (tertiary/aromatic N) is 2. The minimum atomic E-state index is -3.93. The molecular weight excluding hydrogens is 498 g/mol. The van der Waals surface area contributed by atoms with Crippen molar-refractivity contribution in [2.75, 3.05) is 16.2 Å². The van der Waals surface area contributed by atoms with Gasteiger partial charge in [-0.2, -0.15) is 0 Å². The Labute approximate surface area is 212 Å². The zero-order valence-electron chi connectivity index (χ0n) is 20.0. The highest BCUT2D eigenvalue weighted by atomic mass is 32.2. The standard InChI is InChI=1S/C26H25N3O5S2/c1-16(2)29-21-12-10-18(14-24(21)35-26(29)31)27-25(30)23-15-28(20-11-9-17(3)13-22(20)34-23)36(32,33)19-7-5-4-6-8-19/h4-14,16,23H,15H2,1-3H3,(H,27,30). The van der Waals surface area contributed by atoms with E-state index in [4.69, 9.17) is 4.74 Å². The van der Waals surface area contributed by atoms with Crippen molar-refractivity contribution < 1.29 is 17.9 Å². The third-order valence-corrected chi connectivity index (χ3v) is 8.72. The highest BCUT2D eigenvalue weighted by molar-refractivity contribution is 7.92. The average molecular weight is 524 g/mol. The van der Waals surface area contributed by atoms with E-state index in [-0.39, 0.29) is 22.4 Å². The van der Waals surface area contributed by atoms with Gasteiger partial charge in [0.2, 0.25) is 0 Å². The number of nitrogens with one attached hydrogen (secondary N) is 1. The Balaban J connectivity index is 1.46. The van der Waals surface area contributed by atoms with E-state index in [1.807, 2.05) is 20.8 Å². The number of aromatic nitrogens is 1. The topological polar surface area (TPSA) is 97.7 Å². The van der Waals surface area contributed by atoms with E-state index in [0.29, 0.717) is 17.1 Å². The first-order valence-corrected chi connectivity index (χ1v) is 13.7. The maximum atomic E-state index is 13.5. The van der Waals surface area contributed by atoms with Crippen LogP contribution in [0.25, 0.3) is 10.2 Å². The van der Waals surface area contributed by atoms with Crippen LogP contribution in [0.2, 0.25) is 0 Å². The van der Waals surface area contributed by atoms with Crippen molar-refractivity contribution in [3.8, 4) is 5.75 Å². The maximum Gasteiger partial charge on any atom is 0.308 e. The molecule has 4 aromatic rings. The summed E-state index contributed by atoms with van der Waals surface area (Å²) in [5.41, 5.74) is 2.56. The molecule has 0 saturated carbocycles. The molecule has 36 heavy (non-hydrogen) atoms. The van der Waals surface area contributed by atoms with Gasteiger partial charge >= 0.3 is 4.87 Å². The van der Waals surface area contributed by atoms with Gasteiger partial charge in [-0.25, -0.2) is 8.42 Å². The quantitative estimate of drug-likeness (QED) is 0.414. The molecule has 8 nitrogen and oxygen atoms in total. The lowest BCUT2D eigenvalue weighted by Gasteiger charge is -2.35. The summed E-state index contributed by atoms with van der Waals surface area (Å²) in [5.74, 6) is -0.158. The van der Waals surface area contributed by atoms with Gasteiger partial charge in [-0.3, -0.25) is 18.5 Å². The first-order chi connectivity index (χ1) is 17.1. The first-order valence-electron chi connectivity index (χ1n) is 11.5. The maximum absolute atomic E-state index is 13.5. The van der Waals surface area contributed by atoms with Crippen LogP contribution in [0, 0.1) is 6.92 Å². The normalized spacial score (nSPS) is 15.6. The summed E-state index contributed by atoms with van der Waals surface area (Å²) in [5, 5.41) is 2.83. The van der Waals surface area contributed by atoms with Crippen LogP contribution in [0.3, 0.4) is 0 Å². The van der Waals surface area contributed by atoms with Gasteiger partial charge in [0, 0.05) is 11.7 Å². The predicted octanol–water partition coefficient (Wildman–Crippen LogP) is 4.55. The Morgan fingerprint density at radius 1 is 1.08 bits per heavy atom. The lowest BCUT2D eigenvalue weighted by atomic mass is 10.1. The van der Waals surface area contributed by atoms with Crippen LogP contribution < -0.4 is 19.2 Å². The van der Waals surface area contributed by atoms with Gasteiger partial charge in [-0.05, 0) is 68.8 Å². The Kier molecular flexibility index (Phi) is 6.09. The molecule has 0 spiro atoms. The molecule has 1 aromatic heterocycles. The molecule has 1 N–H and O–H groups in total. The predicted molar refractivity (Wildman–Crippen MR) is 142 cm³/mol. The van der Waals surface area contributed by atoms with Crippen LogP contribution in [-0.4, -0.2) is 31.5 Å².